The molecule has 1 saturated heterocycles. The smallest absolute Gasteiger partial charge is 0.255 e. The zero-order valence-electron chi connectivity index (χ0n) is 11.5. The minimum Gasteiger partial charge on any atom is -0.484 e. The van der Waals surface area contributed by atoms with Crippen molar-refractivity contribution in [2.24, 2.45) is 5.73 Å². The van der Waals surface area contributed by atoms with Gasteiger partial charge < -0.3 is 15.4 Å². The van der Waals surface area contributed by atoms with E-state index in [-0.39, 0.29) is 12.5 Å². The molecule has 0 atom stereocenters. The fourth-order valence-electron chi connectivity index (χ4n) is 2.33. The number of rotatable bonds is 4. The van der Waals surface area contributed by atoms with Crippen molar-refractivity contribution in [3.63, 3.8) is 0 Å². The summed E-state index contributed by atoms with van der Waals surface area (Å²) in [6.07, 6.45) is 4.49. The van der Waals surface area contributed by atoms with Crippen LogP contribution >= 0.6 is 0 Å². The third kappa shape index (κ3) is 3.98. The summed E-state index contributed by atoms with van der Waals surface area (Å²) in [6.45, 7) is 1.44. The lowest BCUT2D eigenvalue weighted by Crippen LogP contribution is -2.31. The number of hydrogen-bond donors (Lipinski definition) is 1. The molecule has 2 amide bonds. The van der Waals surface area contributed by atoms with E-state index >= 15 is 0 Å². The number of amides is 2. The van der Waals surface area contributed by atoms with Crippen molar-refractivity contribution in [1.82, 2.24) is 4.90 Å². The topological polar surface area (TPSA) is 72.6 Å². The van der Waals surface area contributed by atoms with E-state index in [0.717, 1.165) is 25.9 Å². The van der Waals surface area contributed by atoms with E-state index in [2.05, 4.69) is 0 Å². The average Bonchev–Trinajstić information content (AvgIpc) is 2.73. The van der Waals surface area contributed by atoms with Crippen molar-refractivity contribution in [3.05, 3.63) is 29.8 Å². The summed E-state index contributed by atoms with van der Waals surface area (Å²) < 4.78 is 5.22. The number of nitrogens with zero attached hydrogens (tertiary/aromatic N) is 1. The fourth-order valence-corrected chi connectivity index (χ4v) is 2.33. The summed E-state index contributed by atoms with van der Waals surface area (Å²) in [5, 5.41) is 0. The first-order valence-electron chi connectivity index (χ1n) is 6.97. The Morgan fingerprint density at radius 1 is 1.15 bits per heavy atom. The van der Waals surface area contributed by atoms with Gasteiger partial charge in [-0.2, -0.15) is 0 Å². The van der Waals surface area contributed by atoms with Crippen LogP contribution in [0.5, 0.6) is 5.75 Å². The average molecular weight is 276 g/mol. The first-order chi connectivity index (χ1) is 9.66. The van der Waals surface area contributed by atoms with E-state index in [1.54, 1.807) is 24.3 Å². The largest absolute Gasteiger partial charge is 0.484 e. The monoisotopic (exact) mass is 276 g/mol. The predicted octanol–water partition coefficient (Wildman–Crippen LogP) is 1.57. The molecule has 2 rings (SSSR count). The number of likely N-dealkylation sites (tertiary alicyclic amines) is 1. The van der Waals surface area contributed by atoms with Crippen LogP contribution in [0, 0.1) is 0 Å². The van der Waals surface area contributed by atoms with Gasteiger partial charge in [0.25, 0.3) is 11.8 Å². The highest BCUT2D eigenvalue weighted by Crippen LogP contribution is 2.17. The molecule has 0 saturated carbocycles. The number of hydrogen-bond acceptors (Lipinski definition) is 3. The maximum atomic E-state index is 12.4. The molecule has 108 valence electrons. The van der Waals surface area contributed by atoms with Crippen LogP contribution in [0.3, 0.4) is 0 Å². The maximum Gasteiger partial charge on any atom is 0.255 e. The molecule has 2 N–H and O–H groups in total. The Hall–Kier alpha value is -2.04. The molecule has 0 radical (unpaired) electrons. The summed E-state index contributed by atoms with van der Waals surface area (Å²) in [6, 6.07) is 6.89. The van der Waals surface area contributed by atoms with Crippen LogP contribution in [0.2, 0.25) is 0 Å². The van der Waals surface area contributed by atoms with E-state index in [9.17, 15) is 9.59 Å². The van der Waals surface area contributed by atoms with Crippen molar-refractivity contribution in [2.75, 3.05) is 19.7 Å². The van der Waals surface area contributed by atoms with Gasteiger partial charge in [-0.1, -0.05) is 18.9 Å². The highest BCUT2D eigenvalue weighted by Gasteiger charge is 2.17. The van der Waals surface area contributed by atoms with E-state index in [1.807, 2.05) is 4.90 Å². The summed E-state index contributed by atoms with van der Waals surface area (Å²) in [4.78, 5) is 25.0. The summed E-state index contributed by atoms with van der Waals surface area (Å²) in [7, 11) is 0. The molecule has 1 aromatic rings. The number of carbonyl (C=O) groups excluding carboxylic acids is 2. The summed E-state index contributed by atoms with van der Waals surface area (Å²) in [5.74, 6) is -0.0184. The van der Waals surface area contributed by atoms with Crippen molar-refractivity contribution in [1.29, 1.82) is 0 Å². The zero-order chi connectivity index (χ0) is 14.4. The minimum atomic E-state index is -0.533. The number of benzene rings is 1. The lowest BCUT2D eigenvalue weighted by molar-refractivity contribution is -0.119. The van der Waals surface area contributed by atoms with E-state index < -0.39 is 5.91 Å². The molecule has 0 aromatic heterocycles. The Morgan fingerprint density at radius 3 is 2.50 bits per heavy atom. The van der Waals surface area contributed by atoms with Crippen LogP contribution in [-0.4, -0.2) is 36.4 Å². The highest BCUT2D eigenvalue weighted by molar-refractivity contribution is 5.94. The van der Waals surface area contributed by atoms with Crippen LogP contribution in [-0.2, 0) is 4.79 Å². The lowest BCUT2D eigenvalue weighted by atomic mass is 10.2. The second-order valence-corrected chi connectivity index (χ2v) is 4.99. The quantitative estimate of drug-likeness (QED) is 0.907. The van der Waals surface area contributed by atoms with Crippen LogP contribution in [0.4, 0.5) is 0 Å². The number of carbonyl (C=O) groups is 2. The van der Waals surface area contributed by atoms with Crippen molar-refractivity contribution >= 4 is 11.8 Å². The van der Waals surface area contributed by atoms with Gasteiger partial charge in [-0.3, -0.25) is 9.59 Å². The molecule has 20 heavy (non-hydrogen) atoms. The first-order valence-corrected chi connectivity index (χ1v) is 6.97. The second-order valence-electron chi connectivity index (χ2n) is 4.99. The van der Waals surface area contributed by atoms with Crippen LogP contribution in [0.1, 0.15) is 36.0 Å². The molecule has 1 heterocycles. The van der Waals surface area contributed by atoms with Crippen LogP contribution in [0.25, 0.3) is 0 Å². The van der Waals surface area contributed by atoms with Crippen molar-refractivity contribution < 1.29 is 14.3 Å². The summed E-state index contributed by atoms with van der Waals surface area (Å²) >= 11 is 0. The lowest BCUT2D eigenvalue weighted by Gasteiger charge is -2.20. The molecule has 5 nitrogen and oxygen atoms in total. The second kappa shape index (κ2) is 6.93. The van der Waals surface area contributed by atoms with E-state index in [4.69, 9.17) is 10.5 Å². The normalized spacial score (nSPS) is 15.5. The van der Waals surface area contributed by atoms with Gasteiger partial charge in [-0.15, -0.1) is 0 Å². The van der Waals surface area contributed by atoms with Gasteiger partial charge in [-0.25, -0.2) is 0 Å². The number of ether oxygens (including phenoxy) is 1. The van der Waals surface area contributed by atoms with E-state index in [0.29, 0.717) is 11.3 Å². The molecule has 1 aliphatic heterocycles. The molecule has 1 aromatic carbocycles. The zero-order valence-corrected chi connectivity index (χ0v) is 11.5. The molecule has 1 fully saturated rings. The van der Waals surface area contributed by atoms with Gasteiger partial charge in [0.2, 0.25) is 0 Å². The maximum absolute atomic E-state index is 12.4. The standard InChI is InChI=1S/C15H20N2O3/c16-14(18)11-20-13-7-5-6-12(10-13)15(19)17-8-3-1-2-4-9-17/h5-7,10H,1-4,8-9,11H2,(H2,16,18). The van der Waals surface area contributed by atoms with Crippen molar-refractivity contribution in [3.8, 4) is 5.75 Å². The molecule has 0 unspecified atom stereocenters. The Labute approximate surface area is 118 Å². The number of primary amides is 1. The van der Waals surface area contributed by atoms with Crippen LogP contribution < -0.4 is 10.5 Å². The van der Waals surface area contributed by atoms with Gasteiger partial charge >= 0.3 is 0 Å². The molecule has 0 spiro atoms. The van der Waals surface area contributed by atoms with Gasteiger partial charge in [0.05, 0.1) is 0 Å². The van der Waals surface area contributed by atoms with Gasteiger partial charge in [0.15, 0.2) is 6.61 Å². The Morgan fingerprint density at radius 2 is 1.85 bits per heavy atom. The highest BCUT2D eigenvalue weighted by atomic mass is 16.5. The third-order valence-electron chi connectivity index (χ3n) is 3.36. The SMILES string of the molecule is NC(=O)COc1cccc(C(=O)N2CCCCCC2)c1. The first kappa shape index (κ1) is 14.4. The number of nitrogens with two attached hydrogens (primary N) is 1. The van der Waals surface area contributed by atoms with Gasteiger partial charge in [-0.05, 0) is 31.0 Å². The minimum absolute atomic E-state index is 0.0245. The molecule has 5 heteroatoms. The Bertz CT molecular complexity index is 480. The fraction of sp³-hybridized carbons (Fsp3) is 0.467. The molecule has 0 bridgehead atoms. The van der Waals surface area contributed by atoms with E-state index in [1.165, 1.54) is 12.8 Å². The Balaban J connectivity index is 2.05. The molecule has 1 aliphatic rings. The van der Waals surface area contributed by atoms with Crippen LogP contribution in [0.15, 0.2) is 24.3 Å². The van der Waals surface area contributed by atoms with Gasteiger partial charge in [0.1, 0.15) is 5.75 Å². The summed E-state index contributed by atoms with van der Waals surface area (Å²) in [5.41, 5.74) is 5.62. The van der Waals surface area contributed by atoms with Crippen molar-refractivity contribution in [2.45, 2.75) is 25.7 Å². The predicted molar refractivity (Wildman–Crippen MR) is 75.5 cm³/mol. The molecular formula is C15H20N2O3. The Kier molecular flexibility index (Phi) is 4.98. The molecular weight excluding hydrogens is 256 g/mol. The third-order valence-corrected chi connectivity index (χ3v) is 3.36. The molecule has 0 aliphatic carbocycles. The van der Waals surface area contributed by atoms with Gasteiger partial charge in [0, 0.05) is 18.7 Å².